The van der Waals surface area contributed by atoms with Gasteiger partial charge in [-0.3, -0.25) is 19.9 Å². The van der Waals surface area contributed by atoms with Crippen LogP contribution < -0.4 is 11.1 Å². The lowest BCUT2D eigenvalue weighted by Crippen LogP contribution is -2.41. The predicted molar refractivity (Wildman–Crippen MR) is 134 cm³/mol. The number of nitrogen functional groups attached to an aromatic ring is 1. The van der Waals surface area contributed by atoms with Gasteiger partial charge in [-0.15, -0.1) is 0 Å². The summed E-state index contributed by atoms with van der Waals surface area (Å²) in [5, 5.41) is 13.0. The molecular weight excluding hydrogens is 412 g/mol. The van der Waals surface area contributed by atoms with Gasteiger partial charge in [0.15, 0.2) is 0 Å². The van der Waals surface area contributed by atoms with Crippen molar-refractivity contribution in [2.75, 3.05) is 18.4 Å². The van der Waals surface area contributed by atoms with Gasteiger partial charge in [0.25, 0.3) is 11.8 Å². The van der Waals surface area contributed by atoms with Crippen molar-refractivity contribution in [2.45, 2.75) is 39.5 Å². The van der Waals surface area contributed by atoms with Crippen molar-refractivity contribution < 1.29 is 9.59 Å². The quantitative estimate of drug-likeness (QED) is 0.179. The first-order valence-electron chi connectivity index (χ1n) is 11.6. The predicted octanol–water partition coefficient (Wildman–Crippen LogP) is 5.40. The number of nitrogens with one attached hydrogen (secondary N) is 2. The average Bonchev–Trinajstić information content (AvgIpc) is 2.83. The van der Waals surface area contributed by atoms with Crippen molar-refractivity contribution >= 4 is 34.1 Å². The van der Waals surface area contributed by atoms with E-state index in [1.807, 2.05) is 49.4 Å². The summed E-state index contributed by atoms with van der Waals surface area (Å²) in [4.78, 5) is 28.1. The van der Waals surface area contributed by atoms with E-state index in [0.717, 1.165) is 54.4 Å². The minimum absolute atomic E-state index is 0.00540. The molecule has 6 nitrogen and oxygen atoms in total. The summed E-state index contributed by atoms with van der Waals surface area (Å²) in [5.41, 5.74) is 10.1. The minimum Gasteiger partial charge on any atom is -0.384 e. The van der Waals surface area contributed by atoms with Crippen molar-refractivity contribution in [2.24, 2.45) is 5.73 Å². The highest BCUT2D eigenvalue weighted by atomic mass is 16.2. The molecule has 0 fully saturated rings. The minimum atomic E-state index is -0.249. The Morgan fingerprint density at radius 3 is 2.39 bits per heavy atom. The number of rotatable bonds is 9. The van der Waals surface area contributed by atoms with Crippen molar-refractivity contribution in [1.82, 2.24) is 4.90 Å². The van der Waals surface area contributed by atoms with E-state index in [-0.39, 0.29) is 17.6 Å². The zero-order valence-electron chi connectivity index (χ0n) is 19.2. The van der Waals surface area contributed by atoms with Gasteiger partial charge in [-0.1, -0.05) is 57.0 Å². The van der Waals surface area contributed by atoms with Crippen LogP contribution in [0.5, 0.6) is 0 Å². The number of hydrogen-bond acceptors (Lipinski definition) is 4. The lowest BCUT2D eigenvalue weighted by Gasteiger charge is -2.29. The van der Waals surface area contributed by atoms with Crippen LogP contribution >= 0.6 is 0 Å². The Morgan fingerprint density at radius 1 is 0.939 bits per heavy atom. The van der Waals surface area contributed by atoms with Gasteiger partial charge < -0.3 is 11.1 Å². The highest BCUT2D eigenvalue weighted by Gasteiger charge is 2.34. The molecule has 0 bridgehead atoms. The summed E-state index contributed by atoms with van der Waals surface area (Å²) in [6, 6.07) is 15.1. The number of amidine groups is 1. The van der Waals surface area contributed by atoms with Crippen molar-refractivity contribution in [3.8, 4) is 11.1 Å². The van der Waals surface area contributed by atoms with Crippen LogP contribution in [-0.4, -0.2) is 35.6 Å². The highest BCUT2D eigenvalue weighted by molar-refractivity contribution is 6.28. The summed E-state index contributed by atoms with van der Waals surface area (Å²) >= 11 is 0. The van der Waals surface area contributed by atoms with E-state index in [1.54, 1.807) is 6.07 Å². The lowest BCUT2D eigenvalue weighted by atomic mass is 9.88. The molecule has 4 rings (SSSR count). The van der Waals surface area contributed by atoms with Gasteiger partial charge in [-0.25, -0.2) is 0 Å². The van der Waals surface area contributed by atoms with Crippen molar-refractivity contribution in [1.29, 1.82) is 5.41 Å². The van der Waals surface area contributed by atoms with E-state index >= 15 is 0 Å². The molecule has 170 valence electrons. The molecule has 0 unspecified atom stereocenters. The Hall–Kier alpha value is -3.67. The molecule has 0 atom stereocenters. The zero-order chi connectivity index (χ0) is 23.5. The standard InChI is InChI=1S/C27H30N4O2/c1-3-5-13-30-24-19-11-8-12-20-23(19)22(27(33)31(26(20)32)14-6-4-2)16-21(24)17-9-7-10-18(15-17)25(28)29/h7-12,15-16,30H,3-6,13-14H2,1-2H3,(H3,28,29). The molecule has 0 saturated carbocycles. The van der Waals surface area contributed by atoms with E-state index in [2.05, 4.69) is 12.2 Å². The first-order valence-corrected chi connectivity index (χ1v) is 11.6. The number of anilines is 1. The Bertz CT molecular complexity index is 1250. The number of amides is 2. The number of imide groups is 1. The first-order chi connectivity index (χ1) is 16.0. The molecule has 6 heteroatoms. The van der Waals surface area contributed by atoms with Gasteiger partial charge in [-0.2, -0.15) is 0 Å². The van der Waals surface area contributed by atoms with Crippen LogP contribution in [-0.2, 0) is 0 Å². The Labute approximate surface area is 194 Å². The number of nitrogens with zero attached hydrogens (tertiary/aromatic N) is 1. The van der Waals surface area contributed by atoms with Crippen molar-refractivity contribution in [3.63, 3.8) is 0 Å². The third-order valence-corrected chi connectivity index (χ3v) is 6.16. The van der Waals surface area contributed by atoms with Gasteiger partial charge in [0.2, 0.25) is 0 Å². The Morgan fingerprint density at radius 2 is 1.67 bits per heavy atom. The molecule has 4 N–H and O–H groups in total. The summed E-state index contributed by atoms with van der Waals surface area (Å²) in [5.74, 6) is -0.479. The maximum Gasteiger partial charge on any atom is 0.261 e. The molecule has 0 aromatic heterocycles. The molecule has 0 spiro atoms. The van der Waals surface area contributed by atoms with Crippen LogP contribution in [0.3, 0.4) is 0 Å². The van der Waals surface area contributed by atoms with Crippen LogP contribution in [0.15, 0.2) is 48.5 Å². The van der Waals surface area contributed by atoms with Crippen LogP contribution in [0.25, 0.3) is 21.9 Å². The number of benzene rings is 3. The largest absolute Gasteiger partial charge is 0.384 e. The molecule has 3 aromatic rings. The fraction of sp³-hybridized carbons (Fsp3) is 0.296. The summed E-state index contributed by atoms with van der Waals surface area (Å²) in [6.07, 6.45) is 3.72. The highest BCUT2D eigenvalue weighted by Crippen LogP contribution is 2.41. The maximum absolute atomic E-state index is 13.5. The van der Waals surface area contributed by atoms with Gasteiger partial charge in [0, 0.05) is 51.8 Å². The number of unbranched alkanes of at least 4 members (excludes halogenated alkanes) is 2. The summed E-state index contributed by atoms with van der Waals surface area (Å²) < 4.78 is 0. The SMILES string of the molecule is CCCCNc1c(-c2cccc(C(=N)N)c2)cc2c3c(cccc13)C(=O)N(CCCC)C2=O. The van der Waals surface area contributed by atoms with Crippen LogP contribution in [0, 0.1) is 5.41 Å². The second-order valence-electron chi connectivity index (χ2n) is 8.47. The molecule has 1 aliphatic rings. The van der Waals surface area contributed by atoms with Gasteiger partial charge in [0.05, 0.1) is 0 Å². The van der Waals surface area contributed by atoms with E-state index < -0.39 is 0 Å². The maximum atomic E-state index is 13.5. The lowest BCUT2D eigenvalue weighted by molar-refractivity contribution is 0.0608. The summed E-state index contributed by atoms with van der Waals surface area (Å²) in [7, 11) is 0. The molecule has 2 amide bonds. The number of carbonyl (C=O) groups excluding carboxylic acids is 2. The number of carbonyl (C=O) groups is 2. The molecule has 33 heavy (non-hydrogen) atoms. The molecule has 0 radical (unpaired) electrons. The van der Waals surface area contributed by atoms with E-state index in [0.29, 0.717) is 28.6 Å². The first kappa shape index (κ1) is 22.5. The number of hydrogen-bond donors (Lipinski definition) is 3. The Balaban J connectivity index is 1.98. The number of nitrogens with two attached hydrogens (primary N) is 1. The fourth-order valence-electron chi connectivity index (χ4n) is 4.40. The fourth-order valence-corrected chi connectivity index (χ4v) is 4.40. The average molecular weight is 443 g/mol. The van der Waals surface area contributed by atoms with Crippen LogP contribution in [0.2, 0.25) is 0 Å². The second-order valence-corrected chi connectivity index (χ2v) is 8.47. The normalized spacial score (nSPS) is 13.0. The van der Waals surface area contributed by atoms with Gasteiger partial charge in [-0.05, 0) is 36.6 Å². The zero-order valence-corrected chi connectivity index (χ0v) is 19.2. The third-order valence-electron chi connectivity index (χ3n) is 6.16. The van der Waals surface area contributed by atoms with Crippen LogP contribution in [0.4, 0.5) is 5.69 Å². The summed E-state index contributed by atoms with van der Waals surface area (Å²) in [6.45, 7) is 5.37. The Kier molecular flexibility index (Phi) is 6.45. The van der Waals surface area contributed by atoms with Crippen LogP contribution in [0.1, 0.15) is 65.8 Å². The van der Waals surface area contributed by atoms with E-state index in [9.17, 15) is 9.59 Å². The molecule has 1 aliphatic heterocycles. The topological polar surface area (TPSA) is 99.3 Å². The molecule has 1 heterocycles. The molecule has 0 aliphatic carbocycles. The third kappa shape index (κ3) is 4.09. The van der Waals surface area contributed by atoms with Crippen molar-refractivity contribution in [3.05, 3.63) is 65.2 Å². The molecular formula is C27H30N4O2. The van der Waals surface area contributed by atoms with Gasteiger partial charge in [0.1, 0.15) is 5.84 Å². The second kappa shape index (κ2) is 9.45. The van der Waals surface area contributed by atoms with E-state index in [1.165, 1.54) is 4.90 Å². The van der Waals surface area contributed by atoms with Gasteiger partial charge >= 0.3 is 0 Å². The van der Waals surface area contributed by atoms with E-state index in [4.69, 9.17) is 11.1 Å². The molecule has 3 aromatic carbocycles. The monoisotopic (exact) mass is 442 g/mol. The smallest absolute Gasteiger partial charge is 0.261 e. The molecule has 0 saturated heterocycles.